The molecule has 0 aliphatic carbocycles. The molecule has 0 spiro atoms. The van der Waals surface area contributed by atoms with Crippen LogP contribution in [0.5, 0.6) is 0 Å². The van der Waals surface area contributed by atoms with Gasteiger partial charge in [-0.05, 0) is 64.2 Å². The molecule has 3 N–H and O–H groups in total. The molecule has 0 bridgehead atoms. The van der Waals surface area contributed by atoms with Crippen molar-refractivity contribution < 1.29 is 57.4 Å². The van der Waals surface area contributed by atoms with E-state index in [-0.39, 0.29) is 32.3 Å². The van der Waals surface area contributed by atoms with Gasteiger partial charge in [-0.25, -0.2) is 0 Å². The zero-order chi connectivity index (χ0) is 44.0. The van der Waals surface area contributed by atoms with Crippen molar-refractivity contribution in [1.29, 1.82) is 0 Å². The van der Waals surface area contributed by atoms with E-state index in [0.29, 0.717) is 23.9 Å². The van der Waals surface area contributed by atoms with E-state index in [2.05, 4.69) is 43.4 Å². The lowest BCUT2D eigenvalue weighted by atomic mass is 10.1. The lowest BCUT2D eigenvalue weighted by Gasteiger charge is -2.28. The van der Waals surface area contributed by atoms with E-state index < -0.39 is 57.4 Å². The van der Waals surface area contributed by atoms with Gasteiger partial charge in [0.1, 0.15) is 19.8 Å². The van der Waals surface area contributed by atoms with Gasteiger partial charge in [-0.15, -0.1) is 0 Å². The van der Waals surface area contributed by atoms with Crippen LogP contribution in [0.3, 0.4) is 0 Å². The van der Waals surface area contributed by atoms with Crippen LogP contribution in [-0.2, 0) is 32.7 Å². The standard InChI is InChI=1S/C46H76NO11P/c1-6-8-10-11-12-13-14-15-16-17-18-19-20-25-29-35-46(52)58-42(40-57-59(53,54)56-38-37-47(3,4)5)39-55-45(51)36-30-34-44(50)43(49)33-28-24-22-21-23-27-32-41(48)31-26-9-7-2/h8-10,12-13,15-16,21-24,26-28,32-33,41-44,48-50H,6-7,11,14,17-20,25,29-31,34-40H2,1-5H3/b10-8-,13-12-,16-15-,23-21+,24-22-,26-9-,32-27+,33-28-/t41-,42-,43+,44+/m1/s1. The Hall–Kier alpha value is -3.19. The Morgan fingerprint density at radius 1 is 0.678 bits per heavy atom. The highest BCUT2D eigenvalue weighted by atomic mass is 31.2. The van der Waals surface area contributed by atoms with E-state index in [0.717, 1.165) is 57.8 Å². The zero-order valence-electron chi connectivity index (χ0n) is 36.5. The maximum atomic E-state index is 12.7. The van der Waals surface area contributed by atoms with E-state index in [4.69, 9.17) is 18.5 Å². The number of rotatable bonds is 36. The van der Waals surface area contributed by atoms with E-state index in [1.807, 2.05) is 40.2 Å². The summed E-state index contributed by atoms with van der Waals surface area (Å²) in [6, 6.07) is 0. The fourth-order valence-electron chi connectivity index (χ4n) is 5.01. The average Bonchev–Trinajstić information content (AvgIpc) is 3.17. The van der Waals surface area contributed by atoms with Crippen LogP contribution in [0.15, 0.2) is 97.2 Å². The number of likely N-dealkylation sites (N-methyl/N-ethyl adjacent to an activating group) is 1. The van der Waals surface area contributed by atoms with Crippen LogP contribution in [0.4, 0.5) is 0 Å². The number of quaternary nitrogens is 1. The Morgan fingerprint density at radius 3 is 1.93 bits per heavy atom. The summed E-state index contributed by atoms with van der Waals surface area (Å²) in [4.78, 5) is 37.6. The molecule has 336 valence electrons. The molecule has 0 fully saturated rings. The molecule has 59 heavy (non-hydrogen) atoms. The summed E-state index contributed by atoms with van der Waals surface area (Å²) in [5.41, 5.74) is 0. The largest absolute Gasteiger partial charge is 0.756 e. The highest BCUT2D eigenvalue weighted by Crippen LogP contribution is 2.38. The predicted octanol–water partition coefficient (Wildman–Crippen LogP) is 8.07. The Labute approximate surface area is 355 Å². The van der Waals surface area contributed by atoms with Crippen molar-refractivity contribution in [2.45, 2.75) is 135 Å². The molecule has 0 saturated carbocycles. The van der Waals surface area contributed by atoms with Gasteiger partial charge in [0, 0.05) is 12.8 Å². The number of carbonyl (C=O) groups is 2. The fourth-order valence-corrected chi connectivity index (χ4v) is 5.74. The normalized spacial score (nSPS) is 16.2. The minimum atomic E-state index is -4.72. The number of nitrogens with zero attached hydrogens (tertiary/aromatic N) is 1. The molecule has 0 radical (unpaired) electrons. The Kier molecular flexibility index (Phi) is 34.7. The van der Waals surface area contributed by atoms with Crippen molar-refractivity contribution in [1.82, 2.24) is 0 Å². The fraction of sp³-hybridized carbons (Fsp3) is 0.609. The van der Waals surface area contributed by atoms with E-state index >= 15 is 0 Å². The van der Waals surface area contributed by atoms with Crippen molar-refractivity contribution in [2.75, 3.05) is 47.5 Å². The van der Waals surface area contributed by atoms with Crippen LogP contribution in [0.1, 0.15) is 110 Å². The Bertz CT molecular complexity index is 1380. The summed E-state index contributed by atoms with van der Waals surface area (Å²) in [5, 5.41) is 30.4. The van der Waals surface area contributed by atoms with Crippen molar-refractivity contribution in [3.05, 3.63) is 97.2 Å². The zero-order valence-corrected chi connectivity index (χ0v) is 37.4. The molecule has 0 aromatic rings. The molecule has 12 nitrogen and oxygen atoms in total. The topological polar surface area (TPSA) is 172 Å². The number of unbranched alkanes of at least 4 members (excludes halogenated alkanes) is 5. The summed E-state index contributed by atoms with van der Waals surface area (Å²) in [6.07, 6.45) is 36.7. The quantitative estimate of drug-likeness (QED) is 0.0139. The first-order chi connectivity index (χ1) is 28.2. The van der Waals surface area contributed by atoms with Crippen molar-refractivity contribution in [3.8, 4) is 0 Å². The van der Waals surface area contributed by atoms with Gasteiger partial charge in [-0.3, -0.25) is 14.2 Å². The SMILES string of the molecule is CC/C=C\C/C=C\C/C=C\CCCCCCCC(=O)O[C@H](COC(=O)CCC[C@H](O)[C@@H](O)\C=C/C=C\C=C\C=C\[C@H](O)C/C=C\CC)COP(=O)([O-])OCC[N+](C)(C)C. The molecule has 0 heterocycles. The smallest absolute Gasteiger partial charge is 0.306 e. The number of ether oxygens (including phenoxy) is 2. The number of hydrogen-bond acceptors (Lipinski definition) is 11. The molecule has 1 unspecified atom stereocenters. The van der Waals surface area contributed by atoms with Gasteiger partial charge in [0.15, 0.2) is 6.10 Å². The highest BCUT2D eigenvalue weighted by molar-refractivity contribution is 7.45. The van der Waals surface area contributed by atoms with Gasteiger partial charge < -0.3 is 43.2 Å². The van der Waals surface area contributed by atoms with Gasteiger partial charge in [0.2, 0.25) is 0 Å². The second-order valence-corrected chi connectivity index (χ2v) is 16.6. The number of phosphoric acid groups is 1. The maximum absolute atomic E-state index is 12.7. The maximum Gasteiger partial charge on any atom is 0.306 e. The molecule has 0 aromatic heterocycles. The molecule has 0 amide bonds. The summed E-state index contributed by atoms with van der Waals surface area (Å²) < 4.78 is 33.6. The molecule has 0 rings (SSSR count). The van der Waals surface area contributed by atoms with Crippen LogP contribution in [0, 0.1) is 0 Å². The summed E-state index contributed by atoms with van der Waals surface area (Å²) >= 11 is 0. The number of phosphoric ester groups is 1. The van der Waals surface area contributed by atoms with Crippen LogP contribution >= 0.6 is 7.82 Å². The molecule has 0 saturated heterocycles. The molecule has 13 heteroatoms. The summed E-state index contributed by atoms with van der Waals surface area (Å²) in [6.45, 7) is 3.46. The number of aliphatic hydroxyl groups is 3. The number of aliphatic hydroxyl groups excluding tert-OH is 3. The molecular weight excluding hydrogens is 773 g/mol. The third kappa shape index (κ3) is 38.7. The number of carbonyl (C=O) groups excluding carboxylic acids is 2. The van der Waals surface area contributed by atoms with Crippen molar-refractivity contribution in [2.24, 2.45) is 0 Å². The Morgan fingerprint density at radius 2 is 1.25 bits per heavy atom. The number of hydrogen-bond donors (Lipinski definition) is 3. The van der Waals surface area contributed by atoms with Crippen LogP contribution < -0.4 is 4.89 Å². The van der Waals surface area contributed by atoms with Gasteiger partial charge in [0.05, 0.1) is 46.1 Å². The van der Waals surface area contributed by atoms with Gasteiger partial charge >= 0.3 is 11.9 Å². The number of esters is 2. The molecule has 0 aliphatic rings. The van der Waals surface area contributed by atoms with Gasteiger partial charge in [-0.1, -0.05) is 130 Å². The second kappa shape index (κ2) is 36.6. The summed E-state index contributed by atoms with van der Waals surface area (Å²) in [5.74, 6) is -1.20. The minimum absolute atomic E-state index is 0.0885. The summed E-state index contributed by atoms with van der Waals surface area (Å²) in [7, 11) is 0.942. The highest BCUT2D eigenvalue weighted by Gasteiger charge is 2.22. The lowest BCUT2D eigenvalue weighted by molar-refractivity contribution is -0.870. The molecular formula is C46H76NO11P. The number of allylic oxidation sites excluding steroid dienone is 13. The van der Waals surface area contributed by atoms with E-state index in [1.54, 1.807) is 42.5 Å². The lowest BCUT2D eigenvalue weighted by Crippen LogP contribution is -2.37. The van der Waals surface area contributed by atoms with Crippen LogP contribution in [0.25, 0.3) is 0 Å². The van der Waals surface area contributed by atoms with Crippen LogP contribution in [0.2, 0.25) is 0 Å². The predicted molar refractivity (Wildman–Crippen MR) is 235 cm³/mol. The van der Waals surface area contributed by atoms with Gasteiger partial charge in [-0.2, -0.15) is 0 Å². The molecule has 5 atom stereocenters. The average molecular weight is 850 g/mol. The molecule has 0 aromatic carbocycles. The van der Waals surface area contributed by atoms with Crippen LogP contribution in [-0.4, -0.2) is 104 Å². The first-order valence-electron chi connectivity index (χ1n) is 21.3. The van der Waals surface area contributed by atoms with Gasteiger partial charge in [0.25, 0.3) is 7.82 Å². The molecule has 0 aliphatic heterocycles. The van der Waals surface area contributed by atoms with E-state index in [9.17, 15) is 34.4 Å². The van der Waals surface area contributed by atoms with Crippen molar-refractivity contribution in [3.63, 3.8) is 0 Å². The second-order valence-electron chi connectivity index (χ2n) is 15.2. The van der Waals surface area contributed by atoms with Crippen molar-refractivity contribution >= 4 is 19.8 Å². The third-order valence-corrected chi connectivity index (χ3v) is 9.41. The first-order valence-corrected chi connectivity index (χ1v) is 22.7. The monoisotopic (exact) mass is 850 g/mol. The van der Waals surface area contributed by atoms with E-state index in [1.165, 1.54) is 6.08 Å². The minimum Gasteiger partial charge on any atom is -0.756 e. The third-order valence-electron chi connectivity index (χ3n) is 8.44. The Balaban J connectivity index is 4.76. The first kappa shape index (κ1) is 55.8.